The summed E-state index contributed by atoms with van der Waals surface area (Å²) in [6.07, 6.45) is 1.68. The van der Waals surface area contributed by atoms with Crippen LogP contribution in [-0.2, 0) is 0 Å². The Morgan fingerprint density at radius 3 is 2.53 bits per heavy atom. The van der Waals surface area contributed by atoms with Crippen molar-refractivity contribution in [2.24, 2.45) is 0 Å². The maximum atomic E-state index is 12.1. The Kier molecular flexibility index (Phi) is 4.10. The van der Waals surface area contributed by atoms with E-state index >= 15 is 0 Å². The largest absolute Gasteiger partial charge is 0.367 e. The van der Waals surface area contributed by atoms with Crippen LogP contribution in [0.4, 0.5) is 5.82 Å². The lowest BCUT2D eigenvalue weighted by Crippen LogP contribution is -2.41. The minimum Gasteiger partial charge on any atom is -0.367 e. The fourth-order valence-corrected chi connectivity index (χ4v) is 1.38. The van der Waals surface area contributed by atoms with Crippen LogP contribution < -0.4 is 10.6 Å². The molecule has 0 atom stereocenters. The number of aromatic nitrogens is 1. The molecule has 4 heteroatoms. The van der Waals surface area contributed by atoms with Crippen LogP contribution in [-0.4, -0.2) is 22.5 Å². The Labute approximate surface area is 103 Å². The number of rotatable bonds is 3. The molecule has 4 nitrogen and oxygen atoms in total. The van der Waals surface area contributed by atoms with Crippen molar-refractivity contribution < 1.29 is 4.79 Å². The van der Waals surface area contributed by atoms with Crippen molar-refractivity contribution in [3.63, 3.8) is 0 Å². The summed E-state index contributed by atoms with van der Waals surface area (Å²) in [6.45, 7) is 9.89. The second-order valence-corrected chi connectivity index (χ2v) is 5.40. The first kappa shape index (κ1) is 13.5. The quantitative estimate of drug-likeness (QED) is 0.846. The number of pyridine rings is 1. The van der Waals surface area contributed by atoms with Gasteiger partial charge in [-0.05, 0) is 46.8 Å². The predicted octanol–water partition coefficient (Wildman–Crippen LogP) is 2.43. The van der Waals surface area contributed by atoms with Crippen molar-refractivity contribution in [1.29, 1.82) is 0 Å². The van der Waals surface area contributed by atoms with Gasteiger partial charge in [-0.2, -0.15) is 0 Å². The summed E-state index contributed by atoms with van der Waals surface area (Å²) in [5.41, 5.74) is 0.332. The van der Waals surface area contributed by atoms with Crippen molar-refractivity contribution in [1.82, 2.24) is 10.3 Å². The van der Waals surface area contributed by atoms with E-state index in [1.165, 1.54) is 0 Å². The monoisotopic (exact) mass is 235 g/mol. The third-order valence-corrected chi connectivity index (χ3v) is 1.97. The summed E-state index contributed by atoms with van der Waals surface area (Å²) in [6, 6.07) is 3.79. The van der Waals surface area contributed by atoms with E-state index in [0.717, 1.165) is 0 Å². The average molecular weight is 235 g/mol. The van der Waals surface area contributed by atoms with Crippen LogP contribution in [0.2, 0.25) is 0 Å². The average Bonchev–Trinajstić information content (AvgIpc) is 2.14. The summed E-state index contributed by atoms with van der Waals surface area (Å²) >= 11 is 0. The minimum absolute atomic E-state index is 0.103. The molecule has 2 N–H and O–H groups in total. The molecule has 1 aromatic heterocycles. The number of carbonyl (C=O) groups is 1. The van der Waals surface area contributed by atoms with E-state index in [2.05, 4.69) is 15.6 Å². The van der Waals surface area contributed by atoms with E-state index in [-0.39, 0.29) is 17.5 Å². The van der Waals surface area contributed by atoms with Gasteiger partial charge in [0.2, 0.25) is 0 Å². The van der Waals surface area contributed by atoms with Crippen molar-refractivity contribution >= 4 is 11.7 Å². The molecule has 0 radical (unpaired) electrons. The summed E-state index contributed by atoms with van der Waals surface area (Å²) in [5.74, 6) is 0.526. The summed E-state index contributed by atoms with van der Waals surface area (Å²) in [7, 11) is 0. The molecule has 0 aliphatic carbocycles. The van der Waals surface area contributed by atoms with E-state index in [0.29, 0.717) is 11.4 Å². The van der Waals surface area contributed by atoms with Crippen LogP contribution in [0.5, 0.6) is 0 Å². The van der Waals surface area contributed by atoms with Crippen LogP contribution in [0, 0.1) is 0 Å². The van der Waals surface area contributed by atoms with Crippen molar-refractivity contribution in [3.8, 4) is 0 Å². The van der Waals surface area contributed by atoms with Crippen molar-refractivity contribution in [2.75, 3.05) is 5.32 Å². The van der Waals surface area contributed by atoms with Crippen molar-refractivity contribution in [3.05, 3.63) is 23.9 Å². The Hall–Kier alpha value is -1.58. The van der Waals surface area contributed by atoms with Crippen LogP contribution in [0.25, 0.3) is 0 Å². The van der Waals surface area contributed by atoms with Gasteiger partial charge in [0.05, 0.1) is 5.56 Å². The molecule has 1 amide bonds. The summed E-state index contributed by atoms with van der Waals surface area (Å²) in [5, 5.41) is 6.10. The number of anilines is 1. The zero-order valence-corrected chi connectivity index (χ0v) is 11.2. The van der Waals surface area contributed by atoms with Gasteiger partial charge in [-0.25, -0.2) is 4.98 Å². The number of amides is 1. The highest BCUT2D eigenvalue weighted by atomic mass is 16.1. The van der Waals surface area contributed by atoms with Crippen LogP contribution >= 0.6 is 0 Å². The lowest BCUT2D eigenvalue weighted by atomic mass is 10.1. The van der Waals surface area contributed by atoms with Gasteiger partial charge in [0.25, 0.3) is 5.91 Å². The highest BCUT2D eigenvalue weighted by Crippen LogP contribution is 2.13. The lowest BCUT2D eigenvalue weighted by Gasteiger charge is -2.21. The van der Waals surface area contributed by atoms with Gasteiger partial charge in [-0.3, -0.25) is 4.79 Å². The van der Waals surface area contributed by atoms with E-state index in [9.17, 15) is 4.79 Å². The molecule has 1 aromatic rings. The lowest BCUT2D eigenvalue weighted by molar-refractivity contribution is 0.0920. The molecular weight excluding hydrogens is 214 g/mol. The first-order valence-corrected chi connectivity index (χ1v) is 5.83. The zero-order valence-electron chi connectivity index (χ0n) is 11.2. The highest BCUT2D eigenvalue weighted by Gasteiger charge is 2.18. The van der Waals surface area contributed by atoms with Crippen molar-refractivity contribution in [2.45, 2.75) is 46.2 Å². The Morgan fingerprint density at radius 2 is 2.00 bits per heavy atom. The second-order valence-electron chi connectivity index (χ2n) is 5.40. The van der Waals surface area contributed by atoms with Crippen LogP contribution in [0.1, 0.15) is 45.0 Å². The molecule has 1 rings (SSSR count). The SMILES string of the molecule is CC(C)Nc1ncccc1C(=O)NC(C)(C)C. The Balaban J connectivity index is 2.93. The molecule has 94 valence electrons. The normalized spacial score (nSPS) is 11.4. The van der Waals surface area contributed by atoms with E-state index in [1.807, 2.05) is 34.6 Å². The number of hydrogen-bond donors (Lipinski definition) is 2. The number of nitrogens with one attached hydrogen (secondary N) is 2. The third-order valence-electron chi connectivity index (χ3n) is 1.97. The molecule has 17 heavy (non-hydrogen) atoms. The first-order chi connectivity index (χ1) is 7.79. The molecule has 0 aliphatic heterocycles. The standard InChI is InChI=1S/C13H21N3O/c1-9(2)15-11-10(7-6-8-14-11)12(17)16-13(3,4)5/h6-9H,1-5H3,(H,14,15)(H,16,17). The highest BCUT2D eigenvalue weighted by molar-refractivity contribution is 5.99. The maximum absolute atomic E-state index is 12.1. The summed E-state index contributed by atoms with van der Waals surface area (Å²) < 4.78 is 0. The van der Waals surface area contributed by atoms with Gasteiger partial charge in [0.1, 0.15) is 5.82 Å². The fourth-order valence-electron chi connectivity index (χ4n) is 1.38. The van der Waals surface area contributed by atoms with Crippen LogP contribution in [0.15, 0.2) is 18.3 Å². The minimum atomic E-state index is -0.248. The molecule has 0 bridgehead atoms. The molecule has 0 saturated carbocycles. The second kappa shape index (κ2) is 5.17. The zero-order chi connectivity index (χ0) is 13.1. The number of nitrogens with zero attached hydrogens (tertiary/aromatic N) is 1. The van der Waals surface area contributed by atoms with Gasteiger partial charge in [-0.15, -0.1) is 0 Å². The van der Waals surface area contributed by atoms with E-state index in [4.69, 9.17) is 0 Å². The van der Waals surface area contributed by atoms with E-state index in [1.54, 1.807) is 18.3 Å². The molecule has 0 fully saturated rings. The van der Waals surface area contributed by atoms with Gasteiger partial charge in [0.15, 0.2) is 0 Å². The predicted molar refractivity (Wildman–Crippen MR) is 70.2 cm³/mol. The summed E-state index contributed by atoms with van der Waals surface area (Å²) in [4.78, 5) is 16.3. The molecule has 0 aromatic carbocycles. The number of carbonyl (C=O) groups excluding carboxylic acids is 1. The molecule has 0 unspecified atom stereocenters. The molecule has 0 aliphatic rings. The number of hydrogen-bond acceptors (Lipinski definition) is 3. The van der Waals surface area contributed by atoms with Gasteiger partial charge in [0, 0.05) is 17.8 Å². The van der Waals surface area contributed by atoms with Gasteiger partial charge < -0.3 is 10.6 Å². The molecule has 0 saturated heterocycles. The first-order valence-electron chi connectivity index (χ1n) is 5.83. The topological polar surface area (TPSA) is 54.0 Å². The molecule has 1 heterocycles. The van der Waals surface area contributed by atoms with Crippen LogP contribution in [0.3, 0.4) is 0 Å². The maximum Gasteiger partial charge on any atom is 0.255 e. The van der Waals surface area contributed by atoms with Gasteiger partial charge in [-0.1, -0.05) is 0 Å². The molecular formula is C13H21N3O. The van der Waals surface area contributed by atoms with Gasteiger partial charge >= 0.3 is 0 Å². The third kappa shape index (κ3) is 4.43. The Bertz CT molecular complexity index is 394. The molecule has 0 spiro atoms. The Morgan fingerprint density at radius 1 is 1.35 bits per heavy atom. The smallest absolute Gasteiger partial charge is 0.255 e. The fraction of sp³-hybridized carbons (Fsp3) is 0.538. The van der Waals surface area contributed by atoms with E-state index < -0.39 is 0 Å².